The SMILES string of the molecule is CC(=O)N1N=C(c2ccco2)C[C@H]1c1ccco1. The fourth-order valence-corrected chi connectivity index (χ4v) is 2.09. The van der Waals surface area contributed by atoms with Gasteiger partial charge in [-0.15, -0.1) is 0 Å². The molecule has 5 heteroatoms. The molecule has 0 N–H and O–H groups in total. The predicted octanol–water partition coefficient (Wildman–Crippen LogP) is 2.57. The van der Waals surface area contributed by atoms with Gasteiger partial charge in [0.2, 0.25) is 5.91 Å². The number of rotatable bonds is 2. The Labute approximate surface area is 104 Å². The Morgan fingerprint density at radius 1 is 1.33 bits per heavy atom. The summed E-state index contributed by atoms with van der Waals surface area (Å²) in [6, 6.07) is 7.11. The minimum absolute atomic E-state index is 0.113. The lowest BCUT2D eigenvalue weighted by molar-refractivity contribution is -0.130. The van der Waals surface area contributed by atoms with Crippen molar-refractivity contribution in [3.63, 3.8) is 0 Å². The number of carbonyl (C=O) groups excluding carboxylic acids is 1. The van der Waals surface area contributed by atoms with Gasteiger partial charge < -0.3 is 8.83 Å². The van der Waals surface area contributed by atoms with Gasteiger partial charge in [0.15, 0.2) is 0 Å². The van der Waals surface area contributed by atoms with Crippen molar-refractivity contribution in [1.82, 2.24) is 5.01 Å². The lowest BCUT2D eigenvalue weighted by atomic mass is 10.1. The van der Waals surface area contributed by atoms with Crippen LogP contribution < -0.4 is 0 Å². The van der Waals surface area contributed by atoms with E-state index in [-0.39, 0.29) is 11.9 Å². The van der Waals surface area contributed by atoms with Crippen molar-refractivity contribution in [1.29, 1.82) is 0 Å². The van der Waals surface area contributed by atoms with Crippen LogP contribution in [0.5, 0.6) is 0 Å². The molecule has 0 aromatic carbocycles. The summed E-state index contributed by atoms with van der Waals surface area (Å²) >= 11 is 0. The Bertz CT molecular complexity index is 569. The highest BCUT2D eigenvalue weighted by Crippen LogP contribution is 2.32. The third kappa shape index (κ3) is 1.73. The molecule has 0 aliphatic carbocycles. The highest BCUT2D eigenvalue weighted by molar-refractivity contribution is 6.00. The summed E-state index contributed by atoms with van der Waals surface area (Å²) < 4.78 is 10.7. The van der Waals surface area contributed by atoms with Crippen LogP contribution in [-0.2, 0) is 4.79 Å². The third-order valence-electron chi connectivity index (χ3n) is 2.91. The average Bonchev–Trinajstić information content (AvgIpc) is 3.10. The summed E-state index contributed by atoms with van der Waals surface area (Å²) in [6.07, 6.45) is 3.79. The molecule has 3 heterocycles. The maximum absolute atomic E-state index is 11.6. The molecule has 0 saturated carbocycles. The molecule has 0 spiro atoms. The quantitative estimate of drug-likeness (QED) is 0.815. The van der Waals surface area contributed by atoms with Crippen LogP contribution in [0.15, 0.2) is 50.7 Å². The molecule has 1 aliphatic rings. The van der Waals surface area contributed by atoms with Crippen molar-refractivity contribution in [2.75, 3.05) is 0 Å². The average molecular weight is 244 g/mol. The lowest BCUT2D eigenvalue weighted by Gasteiger charge is -2.17. The van der Waals surface area contributed by atoms with Crippen LogP contribution in [0.4, 0.5) is 0 Å². The second-order valence-electron chi connectivity index (χ2n) is 4.12. The second kappa shape index (κ2) is 4.18. The summed E-state index contributed by atoms with van der Waals surface area (Å²) in [4.78, 5) is 11.6. The van der Waals surface area contributed by atoms with Gasteiger partial charge in [-0.25, -0.2) is 5.01 Å². The molecule has 2 aromatic heterocycles. The van der Waals surface area contributed by atoms with Gasteiger partial charge in [-0.3, -0.25) is 4.79 Å². The van der Waals surface area contributed by atoms with E-state index >= 15 is 0 Å². The topological polar surface area (TPSA) is 59.0 Å². The zero-order chi connectivity index (χ0) is 12.5. The molecule has 3 rings (SSSR count). The molecular weight excluding hydrogens is 232 g/mol. The number of hydrogen-bond donors (Lipinski definition) is 0. The fourth-order valence-electron chi connectivity index (χ4n) is 2.09. The van der Waals surface area contributed by atoms with Crippen molar-refractivity contribution in [3.8, 4) is 0 Å². The molecule has 18 heavy (non-hydrogen) atoms. The van der Waals surface area contributed by atoms with Gasteiger partial charge in [0, 0.05) is 13.3 Å². The molecule has 1 atom stereocenters. The van der Waals surface area contributed by atoms with E-state index in [1.807, 2.05) is 12.1 Å². The van der Waals surface area contributed by atoms with Crippen LogP contribution in [0.2, 0.25) is 0 Å². The lowest BCUT2D eigenvalue weighted by Crippen LogP contribution is -2.23. The van der Waals surface area contributed by atoms with E-state index in [0.29, 0.717) is 12.2 Å². The molecule has 5 nitrogen and oxygen atoms in total. The van der Waals surface area contributed by atoms with E-state index in [0.717, 1.165) is 11.5 Å². The maximum atomic E-state index is 11.6. The monoisotopic (exact) mass is 244 g/mol. The molecule has 0 radical (unpaired) electrons. The van der Waals surface area contributed by atoms with E-state index in [1.54, 1.807) is 24.7 Å². The van der Waals surface area contributed by atoms with Gasteiger partial charge in [0.05, 0.1) is 12.5 Å². The largest absolute Gasteiger partial charge is 0.467 e. The summed E-state index contributed by atoms with van der Waals surface area (Å²) in [6.45, 7) is 1.49. The predicted molar refractivity (Wildman–Crippen MR) is 63.8 cm³/mol. The number of furan rings is 2. The van der Waals surface area contributed by atoms with Crippen molar-refractivity contribution < 1.29 is 13.6 Å². The van der Waals surface area contributed by atoms with E-state index < -0.39 is 0 Å². The second-order valence-corrected chi connectivity index (χ2v) is 4.12. The van der Waals surface area contributed by atoms with Crippen LogP contribution in [-0.4, -0.2) is 16.6 Å². The van der Waals surface area contributed by atoms with E-state index in [4.69, 9.17) is 8.83 Å². The first kappa shape index (κ1) is 10.8. The van der Waals surface area contributed by atoms with Crippen LogP contribution in [0.3, 0.4) is 0 Å². The van der Waals surface area contributed by atoms with E-state index in [2.05, 4.69) is 5.10 Å². The van der Waals surface area contributed by atoms with Crippen LogP contribution >= 0.6 is 0 Å². The van der Waals surface area contributed by atoms with Crippen molar-refractivity contribution in [2.45, 2.75) is 19.4 Å². The Morgan fingerprint density at radius 2 is 2.11 bits per heavy atom. The van der Waals surface area contributed by atoms with Crippen LogP contribution in [0, 0.1) is 0 Å². The number of amides is 1. The Kier molecular flexibility index (Phi) is 2.51. The molecule has 1 amide bonds. The van der Waals surface area contributed by atoms with Gasteiger partial charge in [0.1, 0.15) is 23.3 Å². The summed E-state index contributed by atoms with van der Waals surface area (Å²) in [5, 5.41) is 5.76. The highest BCUT2D eigenvalue weighted by atomic mass is 16.3. The molecule has 0 bridgehead atoms. The molecule has 0 fully saturated rings. The zero-order valence-electron chi connectivity index (χ0n) is 9.87. The van der Waals surface area contributed by atoms with Gasteiger partial charge in [-0.2, -0.15) is 5.10 Å². The number of carbonyl (C=O) groups is 1. The Hall–Kier alpha value is -2.30. The van der Waals surface area contributed by atoms with Gasteiger partial charge >= 0.3 is 0 Å². The first-order chi connectivity index (χ1) is 8.75. The molecule has 92 valence electrons. The van der Waals surface area contributed by atoms with Gasteiger partial charge in [-0.1, -0.05) is 0 Å². The standard InChI is InChI=1S/C13H12N2O3/c1-9(16)15-11(13-5-3-7-18-13)8-10(14-15)12-4-2-6-17-12/h2-7,11H,8H2,1H3/t11-/m0/s1. The van der Waals surface area contributed by atoms with E-state index in [1.165, 1.54) is 11.9 Å². The third-order valence-corrected chi connectivity index (χ3v) is 2.91. The summed E-state index contributed by atoms with van der Waals surface area (Å²) in [7, 11) is 0. The molecule has 0 unspecified atom stereocenters. The minimum Gasteiger partial charge on any atom is -0.467 e. The minimum atomic E-state index is -0.183. The normalized spacial score (nSPS) is 19.1. The fraction of sp³-hybridized carbons (Fsp3) is 0.231. The summed E-state index contributed by atoms with van der Waals surface area (Å²) in [5.41, 5.74) is 0.761. The first-order valence-corrected chi connectivity index (χ1v) is 5.70. The zero-order valence-corrected chi connectivity index (χ0v) is 9.87. The van der Waals surface area contributed by atoms with Gasteiger partial charge in [-0.05, 0) is 24.3 Å². The molecule has 2 aromatic rings. The van der Waals surface area contributed by atoms with Crippen LogP contribution in [0.1, 0.15) is 30.9 Å². The van der Waals surface area contributed by atoms with Crippen LogP contribution in [0.25, 0.3) is 0 Å². The summed E-state index contributed by atoms with van der Waals surface area (Å²) in [5.74, 6) is 1.31. The highest BCUT2D eigenvalue weighted by Gasteiger charge is 2.33. The maximum Gasteiger partial charge on any atom is 0.240 e. The first-order valence-electron chi connectivity index (χ1n) is 5.70. The Balaban J connectivity index is 1.93. The molecular formula is C13H12N2O3. The smallest absolute Gasteiger partial charge is 0.240 e. The van der Waals surface area contributed by atoms with Crippen molar-refractivity contribution in [3.05, 3.63) is 48.3 Å². The van der Waals surface area contributed by atoms with Crippen molar-refractivity contribution >= 4 is 11.6 Å². The number of hydrazone groups is 1. The van der Waals surface area contributed by atoms with E-state index in [9.17, 15) is 4.79 Å². The molecule has 1 aliphatic heterocycles. The Morgan fingerprint density at radius 3 is 2.72 bits per heavy atom. The van der Waals surface area contributed by atoms with Gasteiger partial charge in [0.25, 0.3) is 0 Å². The van der Waals surface area contributed by atoms with Crippen molar-refractivity contribution in [2.24, 2.45) is 5.10 Å². The molecule has 0 saturated heterocycles. The number of nitrogens with zero attached hydrogens (tertiary/aromatic N) is 2. The number of hydrogen-bond acceptors (Lipinski definition) is 4.